The molecule has 0 aromatic heterocycles. The van der Waals surface area contributed by atoms with Crippen LogP contribution in [0.1, 0.15) is 34.6 Å². The minimum absolute atomic E-state index is 0.00412. The normalized spacial score (nSPS) is 14.3. The minimum atomic E-state index is -1.80. The molecule has 0 saturated heterocycles. The SMILES string of the molecule is COC(=O)C(S)[Si](OC(C)C)OC(C)(C)C. The molecule has 0 aliphatic heterocycles. The molecular formula is C10H21O4SSi. The molecule has 0 heterocycles. The Hall–Kier alpha value is -0.0431. The van der Waals surface area contributed by atoms with Gasteiger partial charge in [0.15, 0.2) is 0 Å². The van der Waals surface area contributed by atoms with E-state index in [0.717, 1.165) is 0 Å². The molecule has 95 valence electrons. The van der Waals surface area contributed by atoms with Gasteiger partial charge in [-0.2, -0.15) is 12.6 Å². The van der Waals surface area contributed by atoms with Gasteiger partial charge in [0.1, 0.15) is 4.87 Å². The van der Waals surface area contributed by atoms with E-state index in [1.165, 1.54) is 7.11 Å². The van der Waals surface area contributed by atoms with Crippen molar-refractivity contribution in [1.82, 2.24) is 0 Å². The molecule has 1 unspecified atom stereocenters. The van der Waals surface area contributed by atoms with Gasteiger partial charge in [0.2, 0.25) is 0 Å². The molecule has 0 rings (SSSR count). The van der Waals surface area contributed by atoms with Crippen LogP contribution in [-0.4, -0.2) is 38.9 Å². The molecule has 1 atom stereocenters. The van der Waals surface area contributed by atoms with Crippen LogP contribution in [0.15, 0.2) is 0 Å². The van der Waals surface area contributed by atoms with Gasteiger partial charge in [-0.25, -0.2) is 0 Å². The molecule has 16 heavy (non-hydrogen) atoms. The minimum Gasteiger partial charge on any atom is -0.468 e. The van der Waals surface area contributed by atoms with Crippen LogP contribution in [0.2, 0.25) is 0 Å². The third-order valence-electron chi connectivity index (χ3n) is 1.41. The molecule has 0 saturated carbocycles. The van der Waals surface area contributed by atoms with Crippen molar-refractivity contribution < 1.29 is 18.4 Å². The number of carbonyl (C=O) groups excluding carboxylic acids is 1. The lowest BCUT2D eigenvalue weighted by molar-refractivity contribution is -0.139. The maximum atomic E-state index is 11.4. The van der Waals surface area contributed by atoms with Crippen LogP contribution in [0.3, 0.4) is 0 Å². The number of thiol groups is 1. The van der Waals surface area contributed by atoms with E-state index in [9.17, 15) is 4.79 Å². The Morgan fingerprint density at radius 2 is 1.81 bits per heavy atom. The highest BCUT2D eigenvalue weighted by molar-refractivity contribution is 7.83. The van der Waals surface area contributed by atoms with Gasteiger partial charge in [-0.1, -0.05) is 0 Å². The van der Waals surface area contributed by atoms with Crippen LogP contribution in [0.25, 0.3) is 0 Å². The highest BCUT2D eigenvalue weighted by Gasteiger charge is 2.36. The summed E-state index contributed by atoms with van der Waals surface area (Å²) in [5.74, 6) is -0.415. The number of methoxy groups -OCH3 is 1. The number of hydrogen-bond donors (Lipinski definition) is 1. The molecule has 1 radical (unpaired) electrons. The molecule has 0 aliphatic rings. The molecule has 0 aromatic rings. The third-order valence-corrected chi connectivity index (χ3v) is 4.45. The van der Waals surface area contributed by atoms with Crippen molar-refractivity contribution in [2.45, 2.75) is 51.2 Å². The van der Waals surface area contributed by atoms with Crippen molar-refractivity contribution in [3.63, 3.8) is 0 Å². The van der Waals surface area contributed by atoms with Gasteiger partial charge in [-0.05, 0) is 34.6 Å². The maximum Gasteiger partial charge on any atom is 0.411 e. The van der Waals surface area contributed by atoms with E-state index < -0.39 is 20.1 Å². The summed E-state index contributed by atoms with van der Waals surface area (Å²) in [5.41, 5.74) is -0.363. The number of hydrogen-bond acceptors (Lipinski definition) is 5. The molecule has 0 fully saturated rings. The first kappa shape index (κ1) is 16.0. The van der Waals surface area contributed by atoms with Crippen molar-refractivity contribution in [3.8, 4) is 0 Å². The maximum absolute atomic E-state index is 11.4. The number of ether oxygens (including phenoxy) is 1. The van der Waals surface area contributed by atoms with E-state index in [2.05, 4.69) is 17.4 Å². The second-order valence-electron chi connectivity index (χ2n) is 4.63. The third kappa shape index (κ3) is 6.52. The topological polar surface area (TPSA) is 44.8 Å². The second-order valence-corrected chi connectivity index (χ2v) is 7.28. The highest BCUT2D eigenvalue weighted by atomic mass is 32.1. The summed E-state index contributed by atoms with van der Waals surface area (Å²) in [6.45, 7) is 9.54. The van der Waals surface area contributed by atoms with Crippen molar-refractivity contribution in [1.29, 1.82) is 0 Å². The van der Waals surface area contributed by atoms with E-state index in [4.69, 9.17) is 8.85 Å². The number of esters is 1. The summed E-state index contributed by atoms with van der Waals surface area (Å²) in [4.78, 5) is 10.7. The second kappa shape index (κ2) is 6.63. The van der Waals surface area contributed by atoms with Crippen LogP contribution in [0, 0.1) is 0 Å². The quantitative estimate of drug-likeness (QED) is 0.467. The molecule has 6 heteroatoms. The molecule has 0 amide bonds. The van der Waals surface area contributed by atoms with Crippen LogP contribution < -0.4 is 0 Å². The summed E-state index contributed by atoms with van der Waals surface area (Å²) in [6, 6.07) is 0. The summed E-state index contributed by atoms with van der Waals surface area (Å²) in [6.07, 6.45) is -0.00412. The fraction of sp³-hybridized carbons (Fsp3) is 0.900. The Bertz CT molecular complexity index is 227. The summed E-state index contributed by atoms with van der Waals surface area (Å²) < 4.78 is 16.0. The fourth-order valence-electron chi connectivity index (χ4n) is 0.886. The van der Waals surface area contributed by atoms with Crippen LogP contribution in [0.4, 0.5) is 0 Å². The Morgan fingerprint density at radius 3 is 2.12 bits per heavy atom. The Morgan fingerprint density at radius 1 is 1.31 bits per heavy atom. The summed E-state index contributed by atoms with van der Waals surface area (Å²) >= 11 is 4.21. The lowest BCUT2D eigenvalue weighted by Crippen LogP contribution is -2.45. The fourth-order valence-corrected chi connectivity index (χ4v) is 3.00. The Kier molecular flexibility index (Phi) is 6.62. The zero-order valence-corrected chi connectivity index (χ0v) is 12.6. The first-order valence-electron chi connectivity index (χ1n) is 5.15. The van der Waals surface area contributed by atoms with Gasteiger partial charge in [-0.3, -0.25) is 4.79 Å². The van der Waals surface area contributed by atoms with Gasteiger partial charge in [0.05, 0.1) is 12.7 Å². The lowest BCUT2D eigenvalue weighted by Gasteiger charge is -2.28. The smallest absolute Gasteiger partial charge is 0.411 e. The number of carbonyl (C=O) groups is 1. The molecule has 0 spiro atoms. The van der Waals surface area contributed by atoms with Crippen molar-refractivity contribution in [2.75, 3.05) is 7.11 Å². The summed E-state index contributed by atoms with van der Waals surface area (Å²) in [5, 5.41) is 0. The Balaban J connectivity index is 4.59. The first-order chi connectivity index (χ1) is 7.17. The predicted molar refractivity (Wildman–Crippen MR) is 67.6 cm³/mol. The van der Waals surface area contributed by atoms with Gasteiger partial charge < -0.3 is 13.6 Å². The average molecular weight is 265 g/mol. The van der Waals surface area contributed by atoms with E-state index in [1.54, 1.807) is 0 Å². The molecule has 0 aliphatic carbocycles. The van der Waals surface area contributed by atoms with Crippen LogP contribution >= 0.6 is 12.6 Å². The van der Waals surface area contributed by atoms with Gasteiger partial charge >= 0.3 is 15.3 Å². The van der Waals surface area contributed by atoms with Crippen LogP contribution in [-0.2, 0) is 18.4 Å². The monoisotopic (exact) mass is 265 g/mol. The van der Waals surface area contributed by atoms with Crippen molar-refractivity contribution >= 4 is 27.9 Å². The molecule has 0 N–H and O–H groups in total. The van der Waals surface area contributed by atoms with Crippen molar-refractivity contribution in [3.05, 3.63) is 0 Å². The zero-order valence-electron chi connectivity index (χ0n) is 10.7. The molecule has 4 nitrogen and oxygen atoms in total. The summed E-state index contributed by atoms with van der Waals surface area (Å²) in [7, 11) is -0.470. The average Bonchev–Trinajstić information content (AvgIpc) is 2.11. The van der Waals surface area contributed by atoms with E-state index in [0.29, 0.717) is 0 Å². The predicted octanol–water partition coefficient (Wildman–Crippen LogP) is 1.73. The Labute approximate surface area is 105 Å². The first-order valence-corrected chi connectivity index (χ1v) is 7.07. The van der Waals surface area contributed by atoms with Gasteiger partial charge in [-0.15, -0.1) is 0 Å². The largest absolute Gasteiger partial charge is 0.468 e. The lowest BCUT2D eigenvalue weighted by atomic mass is 10.2. The molecule has 0 aromatic carbocycles. The van der Waals surface area contributed by atoms with E-state index in [-0.39, 0.29) is 11.7 Å². The standard InChI is InChI=1S/C10H21O4SSi/c1-7(2)13-16(14-10(3,4)5)9(15)8(11)12-6/h7,9,15H,1-6H3. The molecule has 0 bridgehead atoms. The van der Waals surface area contributed by atoms with E-state index >= 15 is 0 Å². The number of rotatable bonds is 5. The van der Waals surface area contributed by atoms with Crippen molar-refractivity contribution in [2.24, 2.45) is 0 Å². The zero-order chi connectivity index (χ0) is 12.9. The van der Waals surface area contributed by atoms with Gasteiger partial charge in [0, 0.05) is 6.10 Å². The highest BCUT2D eigenvalue weighted by Crippen LogP contribution is 2.16. The van der Waals surface area contributed by atoms with Gasteiger partial charge in [0.25, 0.3) is 0 Å². The van der Waals surface area contributed by atoms with E-state index in [1.807, 2.05) is 34.6 Å². The van der Waals surface area contributed by atoms with Crippen LogP contribution in [0.5, 0.6) is 0 Å². The molecular weight excluding hydrogens is 244 g/mol.